The zero-order valence-electron chi connectivity index (χ0n) is 13.5. The van der Waals surface area contributed by atoms with Gasteiger partial charge in [-0.3, -0.25) is 9.78 Å². The lowest BCUT2D eigenvalue weighted by Gasteiger charge is -2.30. The molecule has 0 unspecified atom stereocenters. The molecule has 0 bridgehead atoms. The largest absolute Gasteiger partial charge is 0.490 e. The number of aromatic nitrogens is 1. The SMILES string of the molecule is CCc1cnccc1C(=O)N1CCOc2ccc(S(C)(=O)=O)cc21. The number of benzene rings is 1. The molecule has 1 amide bonds. The lowest BCUT2D eigenvalue weighted by Crippen LogP contribution is -2.38. The molecule has 0 aliphatic carbocycles. The van der Waals surface area contributed by atoms with Crippen molar-refractivity contribution in [1.29, 1.82) is 0 Å². The highest BCUT2D eigenvalue weighted by Crippen LogP contribution is 2.35. The number of carbonyl (C=O) groups excluding carboxylic acids is 1. The van der Waals surface area contributed by atoms with Crippen LogP contribution in [0.15, 0.2) is 41.6 Å². The predicted octanol–water partition coefficient (Wildman–Crippen LogP) is 2.09. The second-order valence-corrected chi connectivity index (χ2v) is 7.61. The molecular formula is C17H18N2O4S. The highest BCUT2D eigenvalue weighted by atomic mass is 32.2. The van der Waals surface area contributed by atoms with Crippen LogP contribution in [-0.4, -0.2) is 38.7 Å². The Morgan fingerprint density at radius 3 is 2.83 bits per heavy atom. The summed E-state index contributed by atoms with van der Waals surface area (Å²) in [6, 6.07) is 6.27. The minimum Gasteiger partial charge on any atom is -0.490 e. The molecule has 7 heteroatoms. The molecule has 1 aliphatic heterocycles. The molecule has 0 spiro atoms. The summed E-state index contributed by atoms with van der Waals surface area (Å²) in [6.07, 6.45) is 5.10. The number of aryl methyl sites for hydroxylation is 1. The second kappa shape index (κ2) is 6.24. The fraction of sp³-hybridized carbons (Fsp3) is 0.294. The maximum absolute atomic E-state index is 13.0. The quantitative estimate of drug-likeness (QED) is 0.850. The lowest BCUT2D eigenvalue weighted by atomic mass is 10.1. The van der Waals surface area contributed by atoms with E-state index in [1.807, 2.05) is 6.92 Å². The van der Waals surface area contributed by atoms with Gasteiger partial charge in [0, 0.05) is 24.2 Å². The predicted molar refractivity (Wildman–Crippen MR) is 90.3 cm³/mol. The molecule has 24 heavy (non-hydrogen) atoms. The van der Waals surface area contributed by atoms with E-state index in [1.54, 1.807) is 29.4 Å². The molecular weight excluding hydrogens is 328 g/mol. The van der Waals surface area contributed by atoms with Crippen LogP contribution in [0.2, 0.25) is 0 Å². The van der Waals surface area contributed by atoms with Gasteiger partial charge in [0.1, 0.15) is 12.4 Å². The van der Waals surface area contributed by atoms with Crippen LogP contribution in [-0.2, 0) is 16.3 Å². The molecule has 126 valence electrons. The first kappa shape index (κ1) is 16.4. The molecule has 0 saturated carbocycles. The van der Waals surface area contributed by atoms with Gasteiger partial charge in [0.15, 0.2) is 9.84 Å². The van der Waals surface area contributed by atoms with Crippen molar-refractivity contribution in [3.8, 4) is 5.75 Å². The van der Waals surface area contributed by atoms with E-state index in [0.29, 0.717) is 36.6 Å². The minimum atomic E-state index is -3.37. The summed E-state index contributed by atoms with van der Waals surface area (Å²) in [6.45, 7) is 2.69. The van der Waals surface area contributed by atoms with E-state index in [9.17, 15) is 13.2 Å². The third kappa shape index (κ3) is 2.99. The average Bonchev–Trinajstić information content (AvgIpc) is 2.59. The number of fused-ring (bicyclic) bond motifs is 1. The molecule has 1 aromatic heterocycles. The number of hydrogen-bond donors (Lipinski definition) is 0. The molecule has 1 aromatic carbocycles. The summed E-state index contributed by atoms with van der Waals surface area (Å²) < 4.78 is 29.2. The monoisotopic (exact) mass is 346 g/mol. The van der Waals surface area contributed by atoms with E-state index in [0.717, 1.165) is 11.8 Å². The van der Waals surface area contributed by atoms with E-state index in [4.69, 9.17) is 4.74 Å². The van der Waals surface area contributed by atoms with Crippen LogP contribution in [0.1, 0.15) is 22.8 Å². The Kier molecular flexibility index (Phi) is 4.28. The van der Waals surface area contributed by atoms with Crippen LogP contribution in [0.3, 0.4) is 0 Å². The Balaban J connectivity index is 2.07. The van der Waals surface area contributed by atoms with Crippen molar-refractivity contribution in [3.05, 3.63) is 47.8 Å². The van der Waals surface area contributed by atoms with E-state index in [1.165, 1.54) is 12.1 Å². The summed E-state index contributed by atoms with van der Waals surface area (Å²) in [5.41, 5.74) is 1.91. The van der Waals surface area contributed by atoms with Crippen molar-refractivity contribution in [2.24, 2.45) is 0 Å². The molecule has 3 rings (SSSR count). The normalized spacial score (nSPS) is 14.0. The third-order valence-electron chi connectivity index (χ3n) is 3.98. The molecule has 1 aliphatic rings. The lowest BCUT2D eigenvalue weighted by molar-refractivity contribution is 0.0975. The molecule has 0 fully saturated rings. The molecule has 0 N–H and O–H groups in total. The van der Waals surface area contributed by atoms with Crippen LogP contribution in [0.25, 0.3) is 0 Å². The van der Waals surface area contributed by atoms with Gasteiger partial charge in [-0.05, 0) is 36.2 Å². The van der Waals surface area contributed by atoms with Gasteiger partial charge >= 0.3 is 0 Å². The molecule has 2 heterocycles. The Hall–Kier alpha value is -2.41. The molecule has 0 saturated heterocycles. The van der Waals surface area contributed by atoms with Crippen molar-refractivity contribution in [2.75, 3.05) is 24.3 Å². The standard InChI is InChI=1S/C17H18N2O4S/c1-3-12-11-18-7-6-14(12)17(20)19-8-9-23-16-5-4-13(10-15(16)19)24(2,21)22/h4-7,10-11H,3,8-9H2,1-2H3. The topological polar surface area (TPSA) is 76.6 Å². The van der Waals surface area contributed by atoms with Crippen LogP contribution < -0.4 is 9.64 Å². The van der Waals surface area contributed by atoms with Crippen molar-refractivity contribution >= 4 is 21.4 Å². The number of anilines is 1. The zero-order valence-corrected chi connectivity index (χ0v) is 14.3. The van der Waals surface area contributed by atoms with Crippen molar-refractivity contribution in [2.45, 2.75) is 18.2 Å². The second-order valence-electron chi connectivity index (χ2n) is 5.59. The van der Waals surface area contributed by atoms with E-state index in [2.05, 4.69) is 4.98 Å². The van der Waals surface area contributed by atoms with E-state index in [-0.39, 0.29) is 10.8 Å². The van der Waals surface area contributed by atoms with Crippen LogP contribution in [0, 0.1) is 0 Å². The van der Waals surface area contributed by atoms with Crippen LogP contribution >= 0.6 is 0 Å². The zero-order chi connectivity index (χ0) is 17.3. The first-order valence-electron chi connectivity index (χ1n) is 7.63. The Morgan fingerprint density at radius 2 is 2.12 bits per heavy atom. The van der Waals surface area contributed by atoms with E-state index < -0.39 is 9.84 Å². The van der Waals surface area contributed by atoms with Gasteiger partial charge in [-0.15, -0.1) is 0 Å². The Labute approximate surface area is 141 Å². The molecule has 0 atom stereocenters. The van der Waals surface area contributed by atoms with Gasteiger partial charge in [0.05, 0.1) is 17.1 Å². The van der Waals surface area contributed by atoms with Crippen LogP contribution in [0.5, 0.6) is 5.75 Å². The number of sulfone groups is 1. The number of hydrogen-bond acceptors (Lipinski definition) is 5. The number of rotatable bonds is 3. The number of carbonyl (C=O) groups is 1. The first-order valence-corrected chi connectivity index (χ1v) is 9.52. The molecule has 6 nitrogen and oxygen atoms in total. The first-order chi connectivity index (χ1) is 11.4. The van der Waals surface area contributed by atoms with E-state index >= 15 is 0 Å². The number of pyridine rings is 1. The number of nitrogens with zero attached hydrogens (tertiary/aromatic N) is 2. The highest BCUT2D eigenvalue weighted by Gasteiger charge is 2.27. The minimum absolute atomic E-state index is 0.162. The highest BCUT2D eigenvalue weighted by molar-refractivity contribution is 7.90. The average molecular weight is 346 g/mol. The summed E-state index contributed by atoms with van der Waals surface area (Å²) >= 11 is 0. The van der Waals surface area contributed by atoms with Gasteiger partial charge in [0.2, 0.25) is 0 Å². The summed E-state index contributed by atoms with van der Waals surface area (Å²) in [4.78, 5) is 18.8. The summed E-state index contributed by atoms with van der Waals surface area (Å²) in [7, 11) is -3.37. The third-order valence-corrected chi connectivity index (χ3v) is 5.09. The Bertz CT molecular complexity index is 893. The van der Waals surface area contributed by atoms with Crippen molar-refractivity contribution in [3.63, 3.8) is 0 Å². The van der Waals surface area contributed by atoms with Crippen molar-refractivity contribution < 1.29 is 17.9 Å². The van der Waals surface area contributed by atoms with Gasteiger partial charge in [-0.25, -0.2) is 8.42 Å². The maximum Gasteiger partial charge on any atom is 0.258 e. The summed E-state index contributed by atoms with van der Waals surface area (Å²) in [5, 5.41) is 0. The number of ether oxygens (including phenoxy) is 1. The number of amides is 1. The maximum atomic E-state index is 13.0. The fourth-order valence-electron chi connectivity index (χ4n) is 2.70. The van der Waals surface area contributed by atoms with Gasteiger partial charge in [-0.2, -0.15) is 0 Å². The molecule has 2 aromatic rings. The van der Waals surface area contributed by atoms with Gasteiger partial charge < -0.3 is 9.64 Å². The van der Waals surface area contributed by atoms with Gasteiger partial charge in [0.25, 0.3) is 5.91 Å². The smallest absolute Gasteiger partial charge is 0.258 e. The molecule has 0 radical (unpaired) electrons. The summed E-state index contributed by atoms with van der Waals surface area (Å²) in [5.74, 6) is 0.332. The van der Waals surface area contributed by atoms with Gasteiger partial charge in [-0.1, -0.05) is 6.92 Å². The Morgan fingerprint density at radius 1 is 1.33 bits per heavy atom. The van der Waals surface area contributed by atoms with Crippen molar-refractivity contribution in [1.82, 2.24) is 4.98 Å². The van der Waals surface area contributed by atoms with Crippen LogP contribution in [0.4, 0.5) is 5.69 Å². The fourth-order valence-corrected chi connectivity index (χ4v) is 3.34.